The molecule has 0 saturated heterocycles. The molecule has 0 heterocycles. The standard InChI is InChI=1S/C16H24O/c1-16(2,3)9-8-15(17)14-10-12-6-4-5-7-13(12)11-14/h4-7,14-15,17H,8-11H2,1-3H3. The van der Waals surface area contributed by atoms with Gasteiger partial charge in [0.25, 0.3) is 0 Å². The molecule has 0 aromatic heterocycles. The molecule has 0 fully saturated rings. The predicted octanol–water partition coefficient (Wildman–Crippen LogP) is 3.59. The van der Waals surface area contributed by atoms with Gasteiger partial charge in [0, 0.05) is 0 Å². The highest BCUT2D eigenvalue weighted by atomic mass is 16.3. The SMILES string of the molecule is CC(C)(C)CCC(O)C1Cc2ccccc2C1. The lowest BCUT2D eigenvalue weighted by atomic mass is 9.86. The van der Waals surface area contributed by atoms with Gasteiger partial charge in [0.05, 0.1) is 6.10 Å². The fraction of sp³-hybridized carbons (Fsp3) is 0.625. The van der Waals surface area contributed by atoms with E-state index < -0.39 is 0 Å². The van der Waals surface area contributed by atoms with Gasteiger partial charge < -0.3 is 5.11 Å². The first-order valence-electron chi connectivity index (χ1n) is 6.70. The molecule has 94 valence electrons. The second-order valence-corrected chi connectivity index (χ2v) is 6.60. The van der Waals surface area contributed by atoms with Crippen LogP contribution in [0.3, 0.4) is 0 Å². The first-order chi connectivity index (χ1) is 7.96. The van der Waals surface area contributed by atoms with E-state index in [2.05, 4.69) is 45.0 Å². The summed E-state index contributed by atoms with van der Waals surface area (Å²) in [5.41, 5.74) is 3.20. The Morgan fingerprint density at radius 1 is 1.18 bits per heavy atom. The molecule has 1 aromatic rings. The van der Waals surface area contributed by atoms with Crippen LogP contribution >= 0.6 is 0 Å². The smallest absolute Gasteiger partial charge is 0.0575 e. The molecule has 1 aromatic carbocycles. The average Bonchev–Trinajstić information content (AvgIpc) is 2.68. The zero-order valence-electron chi connectivity index (χ0n) is 11.2. The van der Waals surface area contributed by atoms with E-state index in [1.54, 1.807) is 0 Å². The normalized spacial score (nSPS) is 18.1. The second-order valence-electron chi connectivity index (χ2n) is 6.60. The summed E-state index contributed by atoms with van der Waals surface area (Å²) in [6, 6.07) is 8.60. The van der Waals surface area contributed by atoms with Crippen LogP contribution in [0.2, 0.25) is 0 Å². The van der Waals surface area contributed by atoms with Crippen molar-refractivity contribution in [2.45, 2.75) is 52.6 Å². The summed E-state index contributed by atoms with van der Waals surface area (Å²) >= 11 is 0. The summed E-state index contributed by atoms with van der Waals surface area (Å²) in [5.74, 6) is 0.440. The van der Waals surface area contributed by atoms with Crippen LogP contribution in [-0.2, 0) is 12.8 Å². The van der Waals surface area contributed by atoms with Crippen molar-refractivity contribution >= 4 is 0 Å². The Hall–Kier alpha value is -0.820. The van der Waals surface area contributed by atoms with Crippen molar-refractivity contribution < 1.29 is 5.11 Å². The number of hydrogen-bond donors (Lipinski definition) is 1. The third kappa shape index (κ3) is 3.32. The topological polar surface area (TPSA) is 20.2 Å². The van der Waals surface area contributed by atoms with Crippen LogP contribution in [-0.4, -0.2) is 11.2 Å². The summed E-state index contributed by atoms with van der Waals surface area (Å²) in [4.78, 5) is 0. The third-order valence-electron chi connectivity index (χ3n) is 3.82. The Labute approximate surface area is 105 Å². The van der Waals surface area contributed by atoms with Gasteiger partial charge in [-0.25, -0.2) is 0 Å². The van der Waals surface area contributed by atoms with E-state index in [1.165, 1.54) is 11.1 Å². The number of benzene rings is 1. The van der Waals surface area contributed by atoms with Crippen LogP contribution in [0.5, 0.6) is 0 Å². The fourth-order valence-corrected chi connectivity index (χ4v) is 2.68. The summed E-state index contributed by atoms with van der Waals surface area (Å²) in [6.07, 6.45) is 4.01. The predicted molar refractivity (Wildman–Crippen MR) is 72.0 cm³/mol. The van der Waals surface area contributed by atoms with Gasteiger partial charge in [-0.1, -0.05) is 45.0 Å². The third-order valence-corrected chi connectivity index (χ3v) is 3.82. The van der Waals surface area contributed by atoms with Crippen molar-refractivity contribution in [3.8, 4) is 0 Å². The minimum atomic E-state index is -0.137. The molecule has 2 rings (SSSR count). The van der Waals surface area contributed by atoms with E-state index >= 15 is 0 Å². The van der Waals surface area contributed by atoms with Crippen molar-refractivity contribution in [3.05, 3.63) is 35.4 Å². The van der Waals surface area contributed by atoms with Crippen molar-refractivity contribution in [1.82, 2.24) is 0 Å². The summed E-state index contributed by atoms with van der Waals surface area (Å²) in [6.45, 7) is 6.72. The monoisotopic (exact) mass is 232 g/mol. The first kappa shape index (κ1) is 12.6. The van der Waals surface area contributed by atoms with Crippen LogP contribution < -0.4 is 0 Å². The highest BCUT2D eigenvalue weighted by Gasteiger charge is 2.27. The highest BCUT2D eigenvalue weighted by molar-refractivity contribution is 5.32. The lowest BCUT2D eigenvalue weighted by Gasteiger charge is -2.23. The van der Waals surface area contributed by atoms with Gasteiger partial charge >= 0.3 is 0 Å². The zero-order valence-corrected chi connectivity index (χ0v) is 11.2. The maximum atomic E-state index is 10.3. The second kappa shape index (κ2) is 4.81. The highest BCUT2D eigenvalue weighted by Crippen LogP contribution is 2.32. The van der Waals surface area contributed by atoms with Crippen LogP contribution in [0.25, 0.3) is 0 Å². The fourth-order valence-electron chi connectivity index (χ4n) is 2.68. The molecular formula is C16H24O. The molecule has 1 atom stereocenters. The largest absolute Gasteiger partial charge is 0.393 e. The molecule has 17 heavy (non-hydrogen) atoms. The maximum absolute atomic E-state index is 10.3. The first-order valence-corrected chi connectivity index (χ1v) is 6.70. The number of rotatable bonds is 3. The Morgan fingerprint density at radius 3 is 2.18 bits per heavy atom. The summed E-state index contributed by atoms with van der Waals surface area (Å²) in [5, 5.41) is 10.3. The van der Waals surface area contributed by atoms with Gasteiger partial charge in [-0.15, -0.1) is 0 Å². The molecule has 0 amide bonds. The van der Waals surface area contributed by atoms with E-state index in [-0.39, 0.29) is 6.10 Å². The van der Waals surface area contributed by atoms with Crippen molar-refractivity contribution in [2.24, 2.45) is 11.3 Å². The van der Waals surface area contributed by atoms with E-state index in [0.717, 1.165) is 25.7 Å². The molecule has 1 heteroatoms. The number of fused-ring (bicyclic) bond motifs is 1. The van der Waals surface area contributed by atoms with Gasteiger partial charge in [-0.3, -0.25) is 0 Å². The number of aliphatic hydroxyl groups is 1. The Bertz CT molecular complexity index is 350. The van der Waals surface area contributed by atoms with Gasteiger partial charge in [-0.05, 0) is 48.1 Å². The van der Waals surface area contributed by atoms with Crippen molar-refractivity contribution in [1.29, 1.82) is 0 Å². The van der Waals surface area contributed by atoms with Crippen LogP contribution in [0.15, 0.2) is 24.3 Å². The number of aliphatic hydroxyl groups excluding tert-OH is 1. The Morgan fingerprint density at radius 2 is 1.71 bits per heavy atom. The quantitative estimate of drug-likeness (QED) is 0.844. The Kier molecular flexibility index (Phi) is 3.58. The molecule has 0 radical (unpaired) electrons. The molecule has 1 aliphatic carbocycles. The van der Waals surface area contributed by atoms with Crippen molar-refractivity contribution in [2.75, 3.05) is 0 Å². The summed E-state index contributed by atoms with van der Waals surface area (Å²) in [7, 11) is 0. The summed E-state index contributed by atoms with van der Waals surface area (Å²) < 4.78 is 0. The Balaban J connectivity index is 1.90. The van der Waals surface area contributed by atoms with Crippen molar-refractivity contribution in [3.63, 3.8) is 0 Å². The van der Waals surface area contributed by atoms with Gasteiger partial charge in [0.2, 0.25) is 0 Å². The van der Waals surface area contributed by atoms with Crippen LogP contribution in [0.4, 0.5) is 0 Å². The molecule has 0 aliphatic heterocycles. The van der Waals surface area contributed by atoms with E-state index in [1.807, 2.05) is 0 Å². The molecule has 1 nitrogen and oxygen atoms in total. The molecule has 0 spiro atoms. The number of hydrogen-bond acceptors (Lipinski definition) is 1. The molecule has 0 saturated carbocycles. The molecular weight excluding hydrogens is 208 g/mol. The van der Waals surface area contributed by atoms with Gasteiger partial charge in [0.1, 0.15) is 0 Å². The lowest BCUT2D eigenvalue weighted by Crippen LogP contribution is -2.22. The molecule has 0 bridgehead atoms. The molecule has 1 N–H and O–H groups in total. The zero-order chi connectivity index (χ0) is 12.5. The minimum absolute atomic E-state index is 0.137. The van der Waals surface area contributed by atoms with E-state index in [9.17, 15) is 5.11 Å². The average molecular weight is 232 g/mol. The lowest BCUT2D eigenvalue weighted by molar-refractivity contribution is 0.0904. The van der Waals surface area contributed by atoms with Gasteiger partial charge in [-0.2, -0.15) is 0 Å². The van der Waals surface area contributed by atoms with E-state index in [0.29, 0.717) is 11.3 Å². The maximum Gasteiger partial charge on any atom is 0.0575 e. The van der Waals surface area contributed by atoms with E-state index in [4.69, 9.17) is 0 Å². The molecule has 1 unspecified atom stereocenters. The van der Waals surface area contributed by atoms with Crippen LogP contribution in [0, 0.1) is 11.3 Å². The molecule has 1 aliphatic rings. The van der Waals surface area contributed by atoms with Gasteiger partial charge in [0.15, 0.2) is 0 Å². The van der Waals surface area contributed by atoms with Crippen LogP contribution in [0.1, 0.15) is 44.7 Å². The minimum Gasteiger partial charge on any atom is -0.393 e.